The number of nitrogens with one attached hydrogen (secondary N) is 1. The second-order valence-corrected chi connectivity index (χ2v) is 10.4. The summed E-state index contributed by atoms with van der Waals surface area (Å²) < 4.78 is 12.4. The molecule has 0 radical (unpaired) electrons. The molecule has 2 aromatic rings. The maximum Gasteiger partial charge on any atom is 0.352 e. The summed E-state index contributed by atoms with van der Waals surface area (Å²) in [6.07, 6.45) is 0. The first-order chi connectivity index (χ1) is 17.7. The standard InChI is InChI=1S/C19H20FN9O5S3/c20-1-2-34-28-11(8-6-37-19(23)24-8)14(30)27-12-15(31)29-13(17(32)33)7(5-36-16(12)29)4-35-10-3-9(21)25-18(22)26-10/h3,6,12,16H,1-2,4-5H2,(H2,23,24)(H,27,30)(H,32,33)(H4,21,22,25,26)/b28-11-/t12-,16-/m1/s1. The Morgan fingerprint density at radius 1 is 1.32 bits per heavy atom. The number of nitrogen functional groups attached to an aromatic ring is 3. The molecule has 4 rings (SSSR count). The van der Waals surface area contributed by atoms with Gasteiger partial charge in [0.15, 0.2) is 10.8 Å². The van der Waals surface area contributed by atoms with Crippen LogP contribution in [0.15, 0.2) is 32.9 Å². The minimum Gasteiger partial charge on any atom is -0.477 e. The largest absolute Gasteiger partial charge is 0.477 e. The first-order valence-corrected chi connectivity index (χ1v) is 13.3. The summed E-state index contributed by atoms with van der Waals surface area (Å²) in [5.74, 6) is -2.02. The van der Waals surface area contributed by atoms with Crippen LogP contribution in [0, 0.1) is 0 Å². The van der Waals surface area contributed by atoms with Gasteiger partial charge in [0.2, 0.25) is 5.95 Å². The Bertz CT molecular complexity index is 1280. The van der Waals surface area contributed by atoms with Crippen molar-refractivity contribution in [1.82, 2.24) is 25.2 Å². The van der Waals surface area contributed by atoms with Crippen LogP contribution in [0.25, 0.3) is 0 Å². The quantitative estimate of drug-likeness (QED) is 0.0630. The molecule has 2 amide bonds. The highest BCUT2D eigenvalue weighted by Gasteiger charge is 2.54. The molecule has 1 saturated heterocycles. The number of halogens is 1. The zero-order valence-corrected chi connectivity index (χ0v) is 21.2. The molecule has 8 N–H and O–H groups in total. The molecule has 14 nitrogen and oxygen atoms in total. The Balaban J connectivity index is 1.49. The number of thiazole rings is 1. The minimum absolute atomic E-state index is 0.0112. The van der Waals surface area contributed by atoms with Gasteiger partial charge in [-0.2, -0.15) is 4.98 Å². The summed E-state index contributed by atoms with van der Waals surface area (Å²) in [4.78, 5) is 55.7. The highest BCUT2D eigenvalue weighted by Crippen LogP contribution is 2.41. The number of alkyl halides is 1. The molecule has 0 saturated carbocycles. The molecule has 4 heterocycles. The van der Waals surface area contributed by atoms with Crippen molar-refractivity contribution < 1.29 is 28.7 Å². The van der Waals surface area contributed by atoms with Gasteiger partial charge in [-0.25, -0.2) is 19.2 Å². The van der Waals surface area contributed by atoms with Crippen LogP contribution in [0.5, 0.6) is 0 Å². The Morgan fingerprint density at radius 2 is 2.11 bits per heavy atom. The van der Waals surface area contributed by atoms with E-state index >= 15 is 0 Å². The van der Waals surface area contributed by atoms with Crippen LogP contribution in [-0.2, 0) is 19.2 Å². The van der Waals surface area contributed by atoms with E-state index in [1.807, 2.05) is 0 Å². The maximum atomic E-state index is 13.0. The molecule has 2 aromatic heterocycles. The fourth-order valence-electron chi connectivity index (χ4n) is 3.45. The lowest BCUT2D eigenvalue weighted by Gasteiger charge is -2.49. The third-order valence-corrected chi connectivity index (χ3v) is 7.99. The van der Waals surface area contributed by atoms with Gasteiger partial charge in [-0.05, 0) is 5.57 Å². The lowest BCUT2D eigenvalue weighted by molar-refractivity contribution is -0.150. The number of aromatic nitrogens is 3. The topological polar surface area (TPSA) is 225 Å². The third kappa shape index (κ3) is 5.70. The van der Waals surface area contributed by atoms with Gasteiger partial charge in [-0.15, -0.1) is 34.9 Å². The van der Waals surface area contributed by atoms with Crippen LogP contribution in [-0.4, -0.2) is 84.7 Å². The first kappa shape index (κ1) is 26.4. The number of nitrogens with two attached hydrogens (primary N) is 3. The minimum atomic E-state index is -1.28. The zero-order chi connectivity index (χ0) is 26.7. The predicted octanol–water partition coefficient (Wildman–Crippen LogP) is -0.0992. The Hall–Kier alpha value is -3.64. The number of carbonyl (C=O) groups excluding carboxylic acids is 2. The number of anilines is 3. The van der Waals surface area contributed by atoms with Gasteiger partial charge in [0.25, 0.3) is 11.8 Å². The summed E-state index contributed by atoms with van der Waals surface area (Å²) in [5.41, 5.74) is 17.0. The van der Waals surface area contributed by atoms with E-state index in [4.69, 9.17) is 22.0 Å². The summed E-state index contributed by atoms with van der Waals surface area (Å²) in [6, 6.07) is 0.484. The molecule has 2 aliphatic rings. The van der Waals surface area contributed by atoms with Gasteiger partial charge in [0.1, 0.15) is 46.9 Å². The monoisotopic (exact) mass is 569 g/mol. The maximum absolute atomic E-state index is 13.0. The number of aliphatic carboxylic acids is 1. The molecule has 0 spiro atoms. The van der Waals surface area contributed by atoms with Crippen molar-refractivity contribution in [3.8, 4) is 0 Å². The van der Waals surface area contributed by atoms with Crippen molar-refractivity contribution in [2.24, 2.45) is 5.16 Å². The third-order valence-electron chi connectivity index (χ3n) is 4.97. The number of thioether (sulfide) groups is 2. The van der Waals surface area contributed by atoms with E-state index in [-0.39, 0.29) is 52.1 Å². The predicted molar refractivity (Wildman–Crippen MR) is 136 cm³/mol. The van der Waals surface area contributed by atoms with Gasteiger partial charge in [0, 0.05) is 23.0 Å². The average molecular weight is 570 g/mol. The number of carboxylic acids is 1. The van der Waals surface area contributed by atoms with Crippen molar-refractivity contribution in [2.45, 2.75) is 16.4 Å². The smallest absolute Gasteiger partial charge is 0.352 e. The van der Waals surface area contributed by atoms with Crippen LogP contribution >= 0.6 is 34.9 Å². The number of amides is 2. The van der Waals surface area contributed by atoms with E-state index in [1.165, 1.54) is 35.0 Å². The van der Waals surface area contributed by atoms with Crippen LogP contribution in [0.2, 0.25) is 0 Å². The molecule has 0 unspecified atom stereocenters. The number of nitrogens with zero attached hydrogens (tertiary/aromatic N) is 5. The number of carbonyl (C=O) groups is 3. The highest BCUT2D eigenvalue weighted by molar-refractivity contribution is 8.01. The number of fused-ring (bicyclic) bond motifs is 1. The van der Waals surface area contributed by atoms with E-state index in [0.29, 0.717) is 10.6 Å². The number of hydrogen-bond donors (Lipinski definition) is 5. The van der Waals surface area contributed by atoms with E-state index in [2.05, 4.69) is 25.4 Å². The zero-order valence-electron chi connectivity index (χ0n) is 18.8. The van der Waals surface area contributed by atoms with Crippen LogP contribution in [0.4, 0.5) is 21.3 Å². The molecule has 2 atom stereocenters. The summed E-state index contributed by atoms with van der Waals surface area (Å²) in [5, 5.41) is 17.5. The second kappa shape index (κ2) is 11.2. The molecule has 0 bridgehead atoms. The molecule has 2 aliphatic heterocycles. The van der Waals surface area contributed by atoms with Gasteiger partial charge in [-0.3, -0.25) is 14.5 Å². The number of rotatable bonds is 10. The van der Waals surface area contributed by atoms with Gasteiger partial charge >= 0.3 is 5.97 Å². The Kier molecular flexibility index (Phi) is 7.98. The van der Waals surface area contributed by atoms with E-state index in [9.17, 15) is 23.9 Å². The first-order valence-electron chi connectivity index (χ1n) is 10.4. The van der Waals surface area contributed by atoms with Crippen molar-refractivity contribution in [1.29, 1.82) is 0 Å². The number of oxime groups is 1. The van der Waals surface area contributed by atoms with Crippen molar-refractivity contribution in [3.05, 3.63) is 28.4 Å². The molecule has 196 valence electrons. The van der Waals surface area contributed by atoms with Gasteiger partial charge < -0.3 is 32.5 Å². The lowest BCUT2D eigenvalue weighted by Crippen LogP contribution is -2.71. The normalized spacial score (nSPS) is 19.3. The van der Waals surface area contributed by atoms with E-state index < -0.39 is 35.9 Å². The lowest BCUT2D eigenvalue weighted by atomic mass is 10.0. The number of hydrogen-bond acceptors (Lipinski definition) is 14. The fourth-order valence-corrected chi connectivity index (χ4v) is 6.39. The van der Waals surface area contributed by atoms with Gasteiger partial charge in [-0.1, -0.05) is 5.16 Å². The van der Waals surface area contributed by atoms with Crippen LogP contribution < -0.4 is 22.5 Å². The molecule has 0 aliphatic carbocycles. The molecule has 1 fully saturated rings. The second-order valence-electron chi connectivity index (χ2n) is 7.43. The molecular weight excluding hydrogens is 549 g/mol. The summed E-state index contributed by atoms with van der Waals surface area (Å²) in [7, 11) is 0. The van der Waals surface area contributed by atoms with Crippen molar-refractivity contribution >= 4 is 75.3 Å². The van der Waals surface area contributed by atoms with Crippen LogP contribution in [0.1, 0.15) is 5.69 Å². The molecule has 37 heavy (non-hydrogen) atoms. The fraction of sp³-hybridized carbons (Fsp3) is 0.316. The molecular formula is C19H20FN9O5S3. The van der Waals surface area contributed by atoms with E-state index in [1.54, 1.807) is 0 Å². The highest BCUT2D eigenvalue weighted by atomic mass is 32.2. The van der Waals surface area contributed by atoms with Gasteiger partial charge in [0.05, 0.1) is 0 Å². The van der Waals surface area contributed by atoms with E-state index in [0.717, 1.165) is 16.2 Å². The number of carboxylic acid groups (broad SMARTS) is 1. The summed E-state index contributed by atoms with van der Waals surface area (Å²) >= 11 is 3.55. The molecule has 0 aromatic carbocycles. The van der Waals surface area contributed by atoms with Crippen molar-refractivity contribution in [2.75, 3.05) is 42.0 Å². The molecule has 18 heteroatoms. The van der Waals surface area contributed by atoms with Crippen LogP contribution in [0.3, 0.4) is 0 Å². The van der Waals surface area contributed by atoms with Crippen molar-refractivity contribution in [3.63, 3.8) is 0 Å². The summed E-state index contributed by atoms with van der Waals surface area (Å²) in [6.45, 7) is -1.21. The number of β-lactam (4-membered cyclic amide) rings is 1. The average Bonchev–Trinajstić information content (AvgIpc) is 3.28. The Morgan fingerprint density at radius 3 is 2.76 bits per heavy atom. The Labute approximate surface area is 220 Å². The SMILES string of the molecule is Nc1cc(SCC2=C(C(=O)O)N3C(=O)[C@@H](NC(=O)/C(=N\OCCF)c4csc(N)n4)[C@H]3SC2)nc(N)n1.